The zero-order valence-electron chi connectivity index (χ0n) is 11.8. The van der Waals surface area contributed by atoms with Crippen LogP contribution in [0.25, 0.3) is 0 Å². The minimum Gasteiger partial charge on any atom is -0.448 e. The lowest BCUT2D eigenvalue weighted by molar-refractivity contribution is 0.0167. The number of rotatable bonds is 6. The molecule has 0 aromatic carbocycles. The summed E-state index contributed by atoms with van der Waals surface area (Å²) in [6, 6.07) is 8.39. The van der Waals surface area contributed by atoms with E-state index in [1.165, 1.54) is 4.88 Å². The topological polar surface area (TPSA) is 37.6 Å². The molecule has 3 heterocycles. The molecule has 1 atom stereocenters. The van der Waals surface area contributed by atoms with Crippen LogP contribution in [0.5, 0.6) is 0 Å². The van der Waals surface area contributed by atoms with Crippen molar-refractivity contribution < 1.29 is 9.15 Å². The maximum atomic E-state index is 5.79. The lowest BCUT2D eigenvalue weighted by atomic mass is 10.2. The lowest BCUT2D eigenvalue weighted by Gasteiger charge is -2.34. The van der Waals surface area contributed by atoms with Crippen LogP contribution in [0.1, 0.15) is 16.7 Å². The van der Waals surface area contributed by atoms with Crippen LogP contribution in [-0.4, -0.2) is 37.7 Å². The molecule has 114 valence electrons. The Bertz CT molecular complexity index is 538. The molecule has 1 fully saturated rings. The predicted octanol–water partition coefficient (Wildman–Crippen LogP) is 3.16. The molecule has 21 heavy (non-hydrogen) atoms. The van der Waals surface area contributed by atoms with Gasteiger partial charge in [-0.05, 0) is 35.2 Å². The monoisotopic (exact) mass is 326 g/mol. The van der Waals surface area contributed by atoms with Gasteiger partial charge in [-0.15, -0.1) is 11.3 Å². The van der Waals surface area contributed by atoms with E-state index >= 15 is 0 Å². The van der Waals surface area contributed by atoms with Gasteiger partial charge < -0.3 is 14.5 Å². The van der Waals surface area contributed by atoms with E-state index in [1.807, 2.05) is 17.4 Å². The zero-order valence-corrected chi connectivity index (χ0v) is 13.3. The molecule has 0 unspecified atom stereocenters. The van der Waals surface area contributed by atoms with Gasteiger partial charge in [0, 0.05) is 24.5 Å². The fourth-order valence-corrected chi connectivity index (χ4v) is 3.58. The van der Waals surface area contributed by atoms with Crippen LogP contribution in [0.15, 0.2) is 34.1 Å². The van der Waals surface area contributed by atoms with Crippen LogP contribution >= 0.6 is 22.9 Å². The van der Waals surface area contributed by atoms with E-state index in [2.05, 4.69) is 27.7 Å². The molecular weight excluding hydrogens is 308 g/mol. The highest BCUT2D eigenvalue weighted by atomic mass is 35.5. The fourth-order valence-electron chi connectivity index (χ4n) is 2.56. The molecule has 0 radical (unpaired) electrons. The van der Waals surface area contributed by atoms with E-state index < -0.39 is 0 Å². The first kappa shape index (κ1) is 15.1. The summed E-state index contributed by atoms with van der Waals surface area (Å²) in [6.45, 7) is 5.18. The number of thiophene rings is 1. The zero-order chi connectivity index (χ0) is 14.5. The number of halogens is 1. The molecular formula is C15H19ClN2O2S. The molecule has 1 N–H and O–H groups in total. The summed E-state index contributed by atoms with van der Waals surface area (Å²) in [6.07, 6.45) is 0. The van der Waals surface area contributed by atoms with E-state index in [1.54, 1.807) is 6.07 Å². The Hall–Kier alpha value is -0.850. The molecule has 0 amide bonds. The van der Waals surface area contributed by atoms with Crippen molar-refractivity contribution in [3.63, 3.8) is 0 Å². The van der Waals surface area contributed by atoms with Crippen molar-refractivity contribution in [3.8, 4) is 0 Å². The molecule has 0 saturated carbocycles. The first-order valence-corrected chi connectivity index (χ1v) is 8.39. The molecule has 0 spiro atoms. The van der Waals surface area contributed by atoms with Gasteiger partial charge in [0.2, 0.25) is 0 Å². The number of nitrogens with one attached hydrogen (secondary N) is 1. The number of ether oxygens (including phenoxy) is 1. The summed E-state index contributed by atoms with van der Waals surface area (Å²) in [5, 5.41) is 6.05. The molecule has 6 heteroatoms. The van der Waals surface area contributed by atoms with Gasteiger partial charge in [-0.25, -0.2) is 0 Å². The summed E-state index contributed by atoms with van der Waals surface area (Å²) in [5.74, 6) is 0.868. The van der Waals surface area contributed by atoms with Crippen LogP contribution in [0.2, 0.25) is 5.22 Å². The molecule has 1 aliphatic heterocycles. The molecule has 2 aromatic heterocycles. The number of hydrogen-bond donors (Lipinski definition) is 1. The summed E-state index contributed by atoms with van der Waals surface area (Å²) in [5.41, 5.74) is 0. The fraction of sp³-hybridized carbons (Fsp3) is 0.467. The van der Waals surface area contributed by atoms with Gasteiger partial charge in [-0.1, -0.05) is 6.07 Å². The number of morpholine rings is 1. The summed E-state index contributed by atoms with van der Waals surface area (Å²) >= 11 is 7.60. The van der Waals surface area contributed by atoms with E-state index in [4.69, 9.17) is 20.8 Å². The number of furan rings is 1. The normalized spacial score (nSPS) is 18.0. The van der Waals surface area contributed by atoms with E-state index in [0.29, 0.717) is 17.8 Å². The van der Waals surface area contributed by atoms with Gasteiger partial charge in [0.1, 0.15) is 5.76 Å². The van der Waals surface area contributed by atoms with Crippen LogP contribution in [-0.2, 0) is 11.3 Å². The van der Waals surface area contributed by atoms with Crippen molar-refractivity contribution in [3.05, 3.63) is 45.5 Å². The Morgan fingerprint density at radius 1 is 1.29 bits per heavy atom. The van der Waals surface area contributed by atoms with Gasteiger partial charge in [0.25, 0.3) is 0 Å². The van der Waals surface area contributed by atoms with E-state index in [0.717, 1.165) is 38.6 Å². The number of hydrogen-bond acceptors (Lipinski definition) is 5. The minimum atomic E-state index is 0.388. The molecule has 0 bridgehead atoms. The molecule has 0 aliphatic carbocycles. The van der Waals surface area contributed by atoms with Gasteiger partial charge >= 0.3 is 0 Å². The Balaban J connectivity index is 1.59. The van der Waals surface area contributed by atoms with Crippen LogP contribution in [0.4, 0.5) is 0 Å². The van der Waals surface area contributed by atoms with Crippen LogP contribution in [0.3, 0.4) is 0 Å². The van der Waals surface area contributed by atoms with Gasteiger partial charge in [0.05, 0.1) is 25.8 Å². The van der Waals surface area contributed by atoms with E-state index in [9.17, 15) is 0 Å². The van der Waals surface area contributed by atoms with Crippen molar-refractivity contribution in [1.29, 1.82) is 0 Å². The third-order valence-corrected chi connectivity index (χ3v) is 4.80. The van der Waals surface area contributed by atoms with Gasteiger partial charge in [-0.2, -0.15) is 0 Å². The Morgan fingerprint density at radius 2 is 2.14 bits per heavy atom. The summed E-state index contributed by atoms with van der Waals surface area (Å²) < 4.78 is 10.8. The van der Waals surface area contributed by atoms with Crippen LogP contribution in [0, 0.1) is 0 Å². The van der Waals surface area contributed by atoms with Crippen molar-refractivity contribution in [1.82, 2.24) is 10.2 Å². The molecule has 4 nitrogen and oxygen atoms in total. The maximum absolute atomic E-state index is 5.79. The predicted molar refractivity (Wildman–Crippen MR) is 84.9 cm³/mol. The molecule has 1 aliphatic rings. The molecule has 1 saturated heterocycles. The second-order valence-corrected chi connectivity index (χ2v) is 6.37. The van der Waals surface area contributed by atoms with E-state index in [-0.39, 0.29) is 0 Å². The van der Waals surface area contributed by atoms with Crippen molar-refractivity contribution >= 4 is 22.9 Å². The second kappa shape index (κ2) is 7.42. The largest absolute Gasteiger partial charge is 0.448 e. The Kier molecular flexibility index (Phi) is 5.32. The quantitative estimate of drug-likeness (QED) is 0.885. The Morgan fingerprint density at radius 3 is 2.81 bits per heavy atom. The standard InChI is InChI=1S/C15H19ClN2O2S/c16-15-4-3-12(20-15)10-17-11-13(14-2-1-9-21-14)18-5-7-19-8-6-18/h1-4,9,13,17H,5-8,10-11H2/t13-/m1/s1. The third-order valence-electron chi connectivity index (χ3n) is 3.62. The minimum absolute atomic E-state index is 0.388. The molecule has 3 rings (SSSR count). The maximum Gasteiger partial charge on any atom is 0.193 e. The highest BCUT2D eigenvalue weighted by Gasteiger charge is 2.23. The average Bonchev–Trinajstić information content (AvgIpc) is 3.16. The smallest absolute Gasteiger partial charge is 0.193 e. The first-order chi connectivity index (χ1) is 10.3. The SMILES string of the molecule is Clc1ccc(CNC[C@H](c2cccs2)N2CCOCC2)o1. The second-order valence-electron chi connectivity index (χ2n) is 5.02. The van der Waals surface area contributed by atoms with Gasteiger partial charge in [0.15, 0.2) is 5.22 Å². The summed E-state index contributed by atoms with van der Waals surface area (Å²) in [7, 11) is 0. The lowest BCUT2D eigenvalue weighted by Crippen LogP contribution is -2.42. The van der Waals surface area contributed by atoms with Crippen molar-refractivity contribution in [2.75, 3.05) is 32.8 Å². The summed E-state index contributed by atoms with van der Waals surface area (Å²) in [4.78, 5) is 3.87. The highest BCUT2D eigenvalue weighted by molar-refractivity contribution is 7.10. The number of nitrogens with zero attached hydrogens (tertiary/aromatic N) is 1. The average molecular weight is 327 g/mol. The first-order valence-electron chi connectivity index (χ1n) is 7.13. The third kappa shape index (κ3) is 4.08. The Labute approximate surface area is 133 Å². The van der Waals surface area contributed by atoms with Crippen LogP contribution < -0.4 is 5.32 Å². The van der Waals surface area contributed by atoms with Crippen molar-refractivity contribution in [2.24, 2.45) is 0 Å². The van der Waals surface area contributed by atoms with Gasteiger partial charge in [-0.3, -0.25) is 4.90 Å². The van der Waals surface area contributed by atoms with Crippen molar-refractivity contribution in [2.45, 2.75) is 12.6 Å². The highest BCUT2D eigenvalue weighted by Crippen LogP contribution is 2.25. The molecule has 2 aromatic rings.